The van der Waals surface area contributed by atoms with Crippen molar-refractivity contribution in [2.75, 3.05) is 0 Å². The molecule has 1 aromatic rings. The van der Waals surface area contributed by atoms with Gasteiger partial charge in [0.2, 0.25) is 5.91 Å². The lowest BCUT2D eigenvalue weighted by Gasteiger charge is -2.23. The van der Waals surface area contributed by atoms with E-state index < -0.39 is 11.4 Å². The fraction of sp³-hybridized carbons (Fsp3) is 0.429. The molecule has 0 aliphatic carbocycles. The van der Waals surface area contributed by atoms with Gasteiger partial charge in [-0.25, -0.2) is 0 Å². The Morgan fingerprint density at radius 2 is 1.89 bits per heavy atom. The third-order valence-corrected chi connectivity index (χ3v) is 3.28. The Balaban J connectivity index is 2.77. The molecule has 0 saturated heterocycles. The summed E-state index contributed by atoms with van der Waals surface area (Å²) in [5, 5.41) is 9.23. The summed E-state index contributed by atoms with van der Waals surface area (Å²) in [5.74, 6) is -1.16. The normalized spacial score (nSPS) is 14.4. The summed E-state index contributed by atoms with van der Waals surface area (Å²) in [6.45, 7) is 3.60. The van der Waals surface area contributed by atoms with Gasteiger partial charge in [-0.2, -0.15) is 0 Å². The summed E-state index contributed by atoms with van der Waals surface area (Å²) < 4.78 is 6.73. The molecule has 0 aromatic heterocycles. The maximum atomic E-state index is 11.2. The summed E-state index contributed by atoms with van der Waals surface area (Å²) in [6, 6.07) is 7.26. The first-order valence-electron chi connectivity index (χ1n) is 6.43. The third kappa shape index (κ3) is 3.58. The van der Waals surface area contributed by atoms with Crippen LogP contribution in [-0.2, 0) is 22.4 Å². The lowest BCUT2D eigenvalue weighted by Crippen LogP contribution is -2.29. The maximum Gasteiger partial charge on any atom is 0.309 e. The van der Waals surface area contributed by atoms with Crippen LogP contribution in [0.25, 0.3) is 0 Å². The monoisotopic (exact) mass is 250 g/mol. The molecule has 1 rings (SSSR count). The minimum atomic E-state index is -0.798. The number of carboxylic acids is 1. The zero-order valence-electron chi connectivity index (χ0n) is 11.7. The molecule has 4 heteroatoms. The largest absolute Gasteiger partial charge is 0.481 e. The summed E-state index contributed by atoms with van der Waals surface area (Å²) in [4.78, 5) is 22.3. The molecule has 98 valence electrons. The highest BCUT2D eigenvalue weighted by Gasteiger charge is 2.31. The van der Waals surface area contributed by atoms with Gasteiger partial charge in [0.15, 0.2) is 1.41 Å². The van der Waals surface area contributed by atoms with Crippen LogP contribution in [0.1, 0.15) is 31.4 Å². The van der Waals surface area contributed by atoms with Gasteiger partial charge in [-0.3, -0.25) is 9.59 Å². The number of hydrogen-bond acceptors (Lipinski definition) is 2. The van der Waals surface area contributed by atoms with E-state index in [-0.39, 0.29) is 12.3 Å². The van der Waals surface area contributed by atoms with E-state index >= 15 is 0 Å². The molecule has 0 bridgehead atoms. The highest BCUT2D eigenvalue weighted by Crippen LogP contribution is 2.26. The second-order valence-electron chi connectivity index (χ2n) is 4.81. The van der Waals surface area contributed by atoms with E-state index in [4.69, 9.17) is 1.41 Å². The van der Waals surface area contributed by atoms with Crippen molar-refractivity contribution >= 4 is 11.9 Å². The molecule has 0 aliphatic heterocycles. The Labute approximate surface area is 108 Å². The predicted octanol–water partition coefficient (Wildman–Crippen LogP) is 1.76. The highest BCUT2D eigenvalue weighted by atomic mass is 16.4. The summed E-state index contributed by atoms with van der Waals surface area (Å²) >= 11 is 0. The molecule has 1 atom stereocenters. The first-order valence-corrected chi connectivity index (χ1v) is 5.93. The average Bonchev–Trinajstić information content (AvgIpc) is 2.40. The van der Waals surface area contributed by atoms with Gasteiger partial charge < -0.3 is 10.8 Å². The van der Waals surface area contributed by atoms with Crippen LogP contribution in [0, 0.1) is 5.41 Å². The average molecular weight is 250 g/mol. The van der Waals surface area contributed by atoms with Crippen molar-refractivity contribution in [3.63, 3.8) is 0 Å². The number of primary amides is 1. The first-order chi connectivity index (χ1) is 8.91. The number of aliphatic carboxylic acids is 1. The fourth-order valence-electron chi connectivity index (χ4n) is 1.76. The summed E-state index contributed by atoms with van der Waals surface area (Å²) in [5.41, 5.74) is 2.80. The Hall–Kier alpha value is -1.84. The molecule has 4 nitrogen and oxygen atoms in total. The van der Waals surface area contributed by atoms with E-state index in [1.165, 1.54) is 0 Å². The predicted molar refractivity (Wildman–Crippen MR) is 69.1 cm³/mol. The van der Waals surface area contributed by atoms with Crippen molar-refractivity contribution in [2.45, 2.75) is 33.1 Å². The Bertz CT molecular complexity index is 458. The summed E-state index contributed by atoms with van der Waals surface area (Å²) in [7, 11) is 0. The number of carbonyl (C=O) groups is 2. The van der Waals surface area contributed by atoms with Crippen molar-refractivity contribution in [3.05, 3.63) is 35.4 Å². The van der Waals surface area contributed by atoms with Crippen molar-refractivity contribution in [2.24, 2.45) is 11.1 Å². The van der Waals surface area contributed by atoms with Gasteiger partial charge in [0.05, 0.1) is 11.8 Å². The molecule has 1 aromatic carbocycles. The van der Waals surface area contributed by atoms with Crippen molar-refractivity contribution < 1.29 is 16.1 Å². The molecule has 0 fully saturated rings. The van der Waals surface area contributed by atoms with Crippen molar-refractivity contribution in [1.29, 1.82) is 0 Å². The molecule has 0 heterocycles. The van der Waals surface area contributed by atoms with Gasteiger partial charge in [-0.1, -0.05) is 31.2 Å². The van der Waals surface area contributed by atoms with Crippen LogP contribution < -0.4 is 5.73 Å². The van der Waals surface area contributed by atoms with Gasteiger partial charge in [0, 0.05) is 0 Å². The molecular weight excluding hydrogens is 230 g/mol. The van der Waals surface area contributed by atoms with E-state index in [1.807, 2.05) is 24.8 Å². The molecule has 0 radical (unpaired) electrons. The number of hydrogen-bond donors (Lipinski definition) is 2. The van der Waals surface area contributed by atoms with Crippen LogP contribution in [0.3, 0.4) is 0 Å². The smallest absolute Gasteiger partial charge is 0.309 e. The molecule has 1 amide bonds. The van der Waals surface area contributed by atoms with Crippen LogP contribution in [0.15, 0.2) is 24.3 Å². The van der Waals surface area contributed by atoms with Crippen LogP contribution in [0.2, 0.25) is 1.41 Å². The van der Waals surface area contributed by atoms with Gasteiger partial charge in [0.25, 0.3) is 0 Å². The van der Waals surface area contributed by atoms with Crippen molar-refractivity contribution in [3.8, 4) is 0 Å². The molecule has 0 spiro atoms. The fourth-order valence-corrected chi connectivity index (χ4v) is 1.76. The number of carbonyl (C=O) groups excluding carboxylic acids is 1. The van der Waals surface area contributed by atoms with Gasteiger partial charge >= 0.3 is 5.97 Å². The quantitative estimate of drug-likeness (QED) is 0.807. The maximum absolute atomic E-state index is 11.2. The first kappa shape index (κ1) is 12.6. The number of rotatable bonds is 6. The topological polar surface area (TPSA) is 80.4 Å². The minimum Gasteiger partial charge on any atom is -0.481 e. The van der Waals surface area contributed by atoms with Crippen LogP contribution in [0.4, 0.5) is 0 Å². The van der Waals surface area contributed by atoms with Crippen molar-refractivity contribution in [1.82, 2.24) is 0 Å². The Morgan fingerprint density at radius 3 is 2.33 bits per heavy atom. The zero-order chi connectivity index (χ0) is 14.5. The standard InChI is InChI=1S/C14H19NO3/c1-3-14(2,13(17)18)9-11-6-4-10(5-7-11)8-12(15)16/h4-7H,3,8-9H2,1-2H3,(H2,15,16)(H,17,18)/i/hD. The number of benzene rings is 1. The van der Waals surface area contributed by atoms with E-state index in [9.17, 15) is 14.7 Å². The van der Waals surface area contributed by atoms with E-state index in [0.29, 0.717) is 12.8 Å². The number of amides is 1. The number of carboxylic acid groups (broad SMARTS) is 1. The second-order valence-corrected chi connectivity index (χ2v) is 4.81. The van der Waals surface area contributed by atoms with E-state index in [2.05, 4.69) is 0 Å². The van der Waals surface area contributed by atoms with E-state index in [1.54, 1.807) is 19.1 Å². The second kappa shape index (κ2) is 5.67. The molecule has 18 heavy (non-hydrogen) atoms. The molecule has 1 unspecified atom stereocenters. The molecule has 3 N–H and O–H groups in total. The summed E-state index contributed by atoms with van der Waals surface area (Å²) in [6.07, 6.45) is 1.18. The lowest BCUT2D eigenvalue weighted by molar-refractivity contribution is -0.148. The molecule has 0 aliphatic rings. The Morgan fingerprint density at radius 1 is 1.33 bits per heavy atom. The zero-order valence-corrected chi connectivity index (χ0v) is 10.7. The van der Waals surface area contributed by atoms with Gasteiger partial charge in [-0.15, -0.1) is 0 Å². The van der Waals surface area contributed by atoms with Gasteiger partial charge in [0.1, 0.15) is 0 Å². The number of nitrogens with two attached hydrogens (primary N) is 1. The third-order valence-electron chi connectivity index (χ3n) is 3.28. The SMILES string of the molecule is [2H]NC(=O)Cc1ccc(CC(C)(CC)C(=O)O)cc1. The Kier molecular flexibility index (Phi) is 3.97. The van der Waals surface area contributed by atoms with Gasteiger partial charge in [-0.05, 0) is 30.9 Å². The molecular formula is C14H19NO3. The van der Waals surface area contributed by atoms with Crippen LogP contribution in [0.5, 0.6) is 0 Å². The van der Waals surface area contributed by atoms with Crippen LogP contribution >= 0.6 is 0 Å². The lowest BCUT2D eigenvalue weighted by atomic mass is 9.81. The van der Waals surface area contributed by atoms with E-state index in [0.717, 1.165) is 11.1 Å². The minimum absolute atomic E-state index is 0.160. The van der Waals surface area contributed by atoms with Crippen LogP contribution in [-0.4, -0.2) is 17.0 Å². The molecule has 0 saturated carbocycles. The highest BCUT2D eigenvalue weighted by molar-refractivity contribution is 5.76.